The Morgan fingerprint density at radius 3 is 3.05 bits per heavy atom. The van der Waals surface area contributed by atoms with Crippen molar-refractivity contribution in [2.45, 2.75) is 19.1 Å². The second kappa shape index (κ2) is 5.79. The average Bonchev–Trinajstić information content (AvgIpc) is 2.54. The summed E-state index contributed by atoms with van der Waals surface area (Å²) in [6.07, 6.45) is 3.06. The van der Waals surface area contributed by atoms with Crippen LogP contribution in [0, 0.1) is 0 Å². The van der Waals surface area contributed by atoms with E-state index in [0.29, 0.717) is 18.7 Å². The fraction of sp³-hybridized carbons (Fsp3) is 0.375. The molecule has 5 nitrogen and oxygen atoms in total. The maximum Gasteiger partial charge on any atom is 0.256 e. The number of benzene rings is 1. The van der Waals surface area contributed by atoms with E-state index in [4.69, 9.17) is 4.74 Å². The molecule has 1 amide bonds. The van der Waals surface area contributed by atoms with Gasteiger partial charge in [-0.1, -0.05) is 24.3 Å². The molecule has 3 rings (SSSR count). The number of aliphatic hydroxyl groups is 1. The molecule has 21 heavy (non-hydrogen) atoms. The molecule has 0 bridgehead atoms. The van der Waals surface area contributed by atoms with E-state index >= 15 is 0 Å². The normalized spacial score (nSPS) is 22.5. The molecular formula is C16H18N2O3. The standard InChI is InChI=1S/C16H18N2O3/c1-11-10-21-13(9-19)8-18(11)16(20)15-7-17-6-12-4-2-3-5-14(12)15/h2-7,11,13,19H,8-10H2,1H3/t11-,13+/m0/s1. The highest BCUT2D eigenvalue weighted by Crippen LogP contribution is 2.21. The van der Waals surface area contributed by atoms with Gasteiger partial charge in [-0.05, 0) is 12.3 Å². The maximum atomic E-state index is 12.8. The number of hydrogen-bond acceptors (Lipinski definition) is 4. The number of carbonyl (C=O) groups excluding carboxylic acids is 1. The van der Waals surface area contributed by atoms with Gasteiger partial charge in [-0.2, -0.15) is 0 Å². The third-order valence-corrected chi connectivity index (χ3v) is 3.87. The van der Waals surface area contributed by atoms with Gasteiger partial charge in [0, 0.05) is 24.3 Å². The van der Waals surface area contributed by atoms with Gasteiger partial charge in [0.25, 0.3) is 5.91 Å². The number of carbonyl (C=O) groups is 1. The number of fused-ring (bicyclic) bond motifs is 1. The third-order valence-electron chi connectivity index (χ3n) is 3.87. The molecule has 5 heteroatoms. The summed E-state index contributed by atoms with van der Waals surface area (Å²) in [5.74, 6) is -0.0615. The Morgan fingerprint density at radius 1 is 1.43 bits per heavy atom. The molecule has 0 radical (unpaired) electrons. The van der Waals surface area contributed by atoms with Gasteiger partial charge >= 0.3 is 0 Å². The number of amides is 1. The summed E-state index contributed by atoms with van der Waals surface area (Å²) in [6, 6.07) is 7.70. The molecule has 110 valence electrons. The zero-order valence-corrected chi connectivity index (χ0v) is 11.9. The Bertz CT molecular complexity index is 654. The minimum atomic E-state index is -0.312. The van der Waals surface area contributed by atoms with Gasteiger partial charge in [-0.3, -0.25) is 9.78 Å². The van der Waals surface area contributed by atoms with Crippen molar-refractivity contribution < 1.29 is 14.6 Å². The summed E-state index contributed by atoms with van der Waals surface area (Å²) in [6.45, 7) is 2.71. The highest BCUT2D eigenvalue weighted by molar-refractivity contribution is 6.06. The lowest BCUT2D eigenvalue weighted by atomic mass is 10.1. The van der Waals surface area contributed by atoms with Crippen LogP contribution in [0.4, 0.5) is 0 Å². The largest absolute Gasteiger partial charge is 0.394 e. The number of hydrogen-bond donors (Lipinski definition) is 1. The van der Waals surface area contributed by atoms with Crippen molar-refractivity contribution in [3.63, 3.8) is 0 Å². The second-order valence-electron chi connectivity index (χ2n) is 5.35. The zero-order valence-electron chi connectivity index (χ0n) is 11.9. The van der Waals surface area contributed by atoms with E-state index in [1.54, 1.807) is 17.3 Å². The summed E-state index contributed by atoms with van der Waals surface area (Å²) in [5.41, 5.74) is 0.596. The summed E-state index contributed by atoms with van der Waals surface area (Å²) < 4.78 is 5.48. The highest BCUT2D eigenvalue weighted by Gasteiger charge is 2.30. The van der Waals surface area contributed by atoms with Crippen molar-refractivity contribution in [1.29, 1.82) is 0 Å². The number of ether oxygens (including phenoxy) is 1. The van der Waals surface area contributed by atoms with Crippen molar-refractivity contribution in [2.24, 2.45) is 0 Å². The second-order valence-corrected chi connectivity index (χ2v) is 5.35. The van der Waals surface area contributed by atoms with Crippen LogP contribution in [0.5, 0.6) is 0 Å². The van der Waals surface area contributed by atoms with Crippen LogP contribution < -0.4 is 0 Å². The Labute approximate surface area is 123 Å². The van der Waals surface area contributed by atoms with Gasteiger partial charge < -0.3 is 14.7 Å². The number of rotatable bonds is 2. The molecule has 2 aromatic rings. The van der Waals surface area contributed by atoms with Crippen LogP contribution in [-0.4, -0.2) is 52.8 Å². The Balaban J connectivity index is 1.96. The van der Waals surface area contributed by atoms with Crippen LogP contribution in [0.1, 0.15) is 17.3 Å². The van der Waals surface area contributed by atoms with Crippen molar-refractivity contribution in [2.75, 3.05) is 19.8 Å². The number of pyridine rings is 1. The van der Waals surface area contributed by atoms with Crippen LogP contribution in [-0.2, 0) is 4.74 Å². The monoisotopic (exact) mass is 286 g/mol. The van der Waals surface area contributed by atoms with Crippen LogP contribution >= 0.6 is 0 Å². The van der Waals surface area contributed by atoms with Crippen LogP contribution in [0.2, 0.25) is 0 Å². The van der Waals surface area contributed by atoms with Gasteiger partial charge in [0.2, 0.25) is 0 Å². The number of morpholine rings is 1. The summed E-state index contributed by atoms with van der Waals surface area (Å²) in [5, 5.41) is 11.1. The van der Waals surface area contributed by atoms with Crippen molar-refractivity contribution in [3.8, 4) is 0 Å². The summed E-state index contributed by atoms with van der Waals surface area (Å²) >= 11 is 0. The highest BCUT2D eigenvalue weighted by atomic mass is 16.5. The van der Waals surface area contributed by atoms with E-state index in [1.807, 2.05) is 31.2 Å². The lowest BCUT2D eigenvalue weighted by molar-refractivity contribution is -0.0667. The van der Waals surface area contributed by atoms with E-state index in [9.17, 15) is 9.90 Å². The zero-order chi connectivity index (χ0) is 14.8. The molecule has 0 spiro atoms. The summed E-state index contributed by atoms with van der Waals surface area (Å²) in [7, 11) is 0. The Hall–Kier alpha value is -1.98. The predicted octanol–water partition coefficient (Wildman–Crippen LogP) is 1.46. The van der Waals surface area contributed by atoms with Crippen molar-refractivity contribution in [3.05, 3.63) is 42.2 Å². The molecule has 0 saturated carbocycles. The van der Waals surface area contributed by atoms with E-state index < -0.39 is 0 Å². The number of aromatic nitrogens is 1. The van der Waals surface area contributed by atoms with Gasteiger partial charge in [0.1, 0.15) is 0 Å². The molecule has 1 saturated heterocycles. The molecule has 2 atom stereocenters. The Morgan fingerprint density at radius 2 is 2.24 bits per heavy atom. The first-order chi connectivity index (χ1) is 10.2. The molecule has 1 aliphatic heterocycles. The minimum Gasteiger partial charge on any atom is -0.394 e. The molecule has 1 aromatic heterocycles. The fourth-order valence-corrected chi connectivity index (χ4v) is 2.65. The Kier molecular flexibility index (Phi) is 3.86. The molecular weight excluding hydrogens is 268 g/mol. The summed E-state index contributed by atoms with van der Waals surface area (Å²) in [4.78, 5) is 18.8. The lowest BCUT2D eigenvalue weighted by Crippen LogP contribution is -2.52. The van der Waals surface area contributed by atoms with Crippen LogP contribution in [0.15, 0.2) is 36.7 Å². The van der Waals surface area contributed by atoms with Crippen molar-refractivity contribution in [1.82, 2.24) is 9.88 Å². The first-order valence-electron chi connectivity index (χ1n) is 7.07. The first kappa shape index (κ1) is 14.0. The smallest absolute Gasteiger partial charge is 0.256 e. The molecule has 0 aliphatic carbocycles. The molecule has 1 aliphatic rings. The van der Waals surface area contributed by atoms with Gasteiger partial charge in [0.05, 0.1) is 30.9 Å². The average molecular weight is 286 g/mol. The van der Waals surface area contributed by atoms with Gasteiger partial charge in [-0.15, -0.1) is 0 Å². The van der Waals surface area contributed by atoms with Crippen LogP contribution in [0.3, 0.4) is 0 Å². The molecule has 1 fully saturated rings. The van der Waals surface area contributed by atoms with E-state index in [0.717, 1.165) is 10.8 Å². The molecule has 1 N–H and O–H groups in total. The van der Waals surface area contributed by atoms with Gasteiger partial charge in [0.15, 0.2) is 0 Å². The predicted molar refractivity (Wildman–Crippen MR) is 79.1 cm³/mol. The fourth-order valence-electron chi connectivity index (χ4n) is 2.65. The van der Waals surface area contributed by atoms with Gasteiger partial charge in [-0.25, -0.2) is 0 Å². The molecule has 2 heterocycles. The van der Waals surface area contributed by atoms with E-state index in [1.165, 1.54) is 0 Å². The van der Waals surface area contributed by atoms with E-state index in [2.05, 4.69) is 4.98 Å². The third kappa shape index (κ3) is 2.62. The lowest BCUT2D eigenvalue weighted by Gasteiger charge is -2.37. The molecule has 1 aromatic carbocycles. The quantitative estimate of drug-likeness (QED) is 0.908. The van der Waals surface area contributed by atoms with Crippen LogP contribution in [0.25, 0.3) is 10.8 Å². The van der Waals surface area contributed by atoms with E-state index in [-0.39, 0.29) is 24.7 Å². The minimum absolute atomic E-state index is 0.0146. The topological polar surface area (TPSA) is 62.7 Å². The number of nitrogens with zero attached hydrogens (tertiary/aromatic N) is 2. The SMILES string of the molecule is C[C@H]1CO[C@@H](CO)CN1C(=O)c1cncc2ccccc12. The molecule has 0 unspecified atom stereocenters. The van der Waals surface area contributed by atoms with Crippen molar-refractivity contribution >= 4 is 16.7 Å². The number of aliphatic hydroxyl groups excluding tert-OH is 1. The maximum absolute atomic E-state index is 12.8. The first-order valence-corrected chi connectivity index (χ1v) is 7.07.